The van der Waals surface area contributed by atoms with Gasteiger partial charge >= 0.3 is 0 Å². The van der Waals surface area contributed by atoms with Crippen LogP contribution in [-0.4, -0.2) is 0 Å². The summed E-state index contributed by atoms with van der Waals surface area (Å²) >= 11 is 0. The smallest absolute Gasteiger partial charge is 0.0139 e. The molecule has 0 amide bonds. The van der Waals surface area contributed by atoms with Crippen LogP contribution in [0.25, 0.3) is 16.3 Å². The molecule has 0 aromatic heterocycles. The Hall–Kier alpha value is -2.60. The van der Waals surface area contributed by atoms with Gasteiger partial charge in [0, 0.05) is 5.92 Å². The van der Waals surface area contributed by atoms with Gasteiger partial charge in [-0.1, -0.05) is 84.5 Å². The zero-order chi connectivity index (χ0) is 15.9. The van der Waals surface area contributed by atoms with E-state index in [1.54, 1.807) is 5.57 Å². The van der Waals surface area contributed by atoms with Gasteiger partial charge in [-0.25, -0.2) is 0 Å². The van der Waals surface area contributed by atoms with Gasteiger partial charge in [-0.2, -0.15) is 0 Å². The van der Waals surface area contributed by atoms with Crippen molar-refractivity contribution < 1.29 is 0 Å². The van der Waals surface area contributed by atoms with Gasteiger partial charge in [0.2, 0.25) is 0 Å². The van der Waals surface area contributed by atoms with Gasteiger partial charge in [-0.05, 0) is 52.3 Å². The second-order valence-corrected chi connectivity index (χ2v) is 6.87. The second-order valence-electron chi connectivity index (χ2n) is 6.87. The number of hydrogen-bond acceptors (Lipinski definition) is 0. The van der Waals surface area contributed by atoms with E-state index in [1.165, 1.54) is 45.9 Å². The van der Waals surface area contributed by atoms with Crippen molar-refractivity contribution in [1.29, 1.82) is 0 Å². The van der Waals surface area contributed by atoms with Crippen LogP contribution in [0.3, 0.4) is 0 Å². The quantitative estimate of drug-likeness (QED) is 0.482. The summed E-state index contributed by atoms with van der Waals surface area (Å²) in [7, 11) is 0. The first-order valence-electron chi connectivity index (χ1n) is 8.87. The van der Waals surface area contributed by atoms with E-state index in [0.29, 0.717) is 5.92 Å². The summed E-state index contributed by atoms with van der Waals surface area (Å²) in [6.45, 7) is 0. The topological polar surface area (TPSA) is 0 Å². The Kier molecular flexibility index (Phi) is 3.16. The molecular weight excluding hydrogens is 288 g/mol. The highest BCUT2D eigenvalue weighted by molar-refractivity contribution is 5.95. The van der Waals surface area contributed by atoms with E-state index in [0.717, 1.165) is 6.42 Å². The molecule has 0 spiro atoms. The molecule has 0 nitrogen and oxygen atoms in total. The Morgan fingerprint density at radius 1 is 0.792 bits per heavy atom. The highest BCUT2D eigenvalue weighted by atomic mass is 14.3. The highest BCUT2D eigenvalue weighted by Gasteiger charge is 2.29. The molecule has 0 bridgehead atoms. The normalized spacial score (nSPS) is 19.2. The molecule has 0 aliphatic heterocycles. The Morgan fingerprint density at radius 3 is 2.54 bits per heavy atom. The molecule has 2 aliphatic rings. The molecule has 0 saturated heterocycles. The lowest BCUT2D eigenvalue weighted by molar-refractivity contribution is 0.744. The maximum Gasteiger partial charge on any atom is 0.0139 e. The number of allylic oxidation sites excluding steroid dienone is 4. The van der Waals surface area contributed by atoms with Crippen molar-refractivity contribution in [2.75, 3.05) is 0 Å². The van der Waals surface area contributed by atoms with Crippen LogP contribution in [-0.2, 0) is 0 Å². The zero-order valence-corrected chi connectivity index (χ0v) is 13.7. The molecule has 1 unspecified atom stereocenters. The molecule has 0 fully saturated rings. The first-order chi connectivity index (χ1) is 11.9. The molecule has 0 heterocycles. The molecule has 0 heteroatoms. The van der Waals surface area contributed by atoms with Crippen LogP contribution in [0.15, 0.2) is 84.5 Å². The van der Waals surface area contributed by atoms with Gasteiger partial charge in [-0.15, -0.1) is 0 Å². The second kappa shape index (κ2) is 5.49. The highest BCUT2D eigenvalue weighted by Crippen LogP contribution is 2.47. The van der Waals surface area contributed by atoms with Gasteiger partial charge in [-0.3, -0.25) is 0 Å². The number of rotatable bonds is 1. The fourth-order valence-electron chi connectivity index (χ4n) is 4.43. The van der Waals surface area contributed by atoms with Crippen LogP contribution in [0, 0.1) is 0 Å². The predicted octanol–water partition coefficient (Wildman–Crippen LogP) is 6.48. The summed E-state index contributed by atoms with van der Waals surface area (Å²) < 4.78 is 0. The first kappa shape index (κ1) is 13.8. The van der Waals surface area contributed by atoms with Crippen LogP contribution in [0.2, 0.25) is 0 Å². The number of benzene rings is 3. The fourth-order valence-corrected chi connectivity index (χ4v) is 4.43. The van der Waals surface area contributed by atoms with Crippen LogP contribution in [0.5, 0.6) is 0 Å². The fraction of sp³-hybridized carbons (Fsp3) is 0.167. The van der Waals surface area contributed by atoms with Crippen molar-refractivity contribution in [2.24, 2.45) is 0 Å². The van der Waals surface area contributed by atoms with Gasteiger partial charge in [0.05, 0.1) is 0 Å². The molecule has 5 rings (SSSR count). The average Bonchev–Trinajstić information content (AvgIpc) is 2.67. The molecule has 0 N–H and O–H groups in total. The van der Waals surface area contributed by atoms with Crippen molar-refractivity contribution in [1.82, 2.24) is 0 Å². The molecular formula is C24H20. The number of fused-ring (bicyclic) bond motifs is 4. The van der Waals surface area contributed by atoms with Crippen LogP contribution < -0.4 is 0 Å². The lowest BCUT2D eigenvalue weighted by atomic mass is 9.72. The predicted molar refractivity (Wildman–Crippen MR) is 102 cm³/mol. The lowest BCUT2D eigenvalue weighted by Crippen LogP contribution is -2.14. The molecule has 24 heavy (non-hydrogen) atoms. The summed E-state index contributed by atoms with van der Waals surface area (Å²) in [5.74, 6) is 0.470. The minimum absolute atomic E-state index is 0.470. The SMILES string of the molecule is C1=CC2=C(CC1)CC(c1ccccc1)c1c2ccc2ccccc12. The monoisotopic (exact) mass is 308 g/mol. The van der Waals surface area contributed by atoms with E-state index in [9.17, 15) is 0 Å². The van der Waals surface area contributed by atoms with E-state index in [2.05, 4.69) is 78.9 Å². The molecule has 3 aromatic rings. The summed E-state index contributed by atoms with van der Waals surface area (Å²) in [5, 5.41) is 2.76. The van der Waals surface area contributed by atoms with Crippen molar-refractivity contribution in [3.05, 3.63) is 101 Å². The maximum absolute atomic E-state index is 2.35. The van der Waals surface area contributed by atoms with Gasteiger partial charge in [0.25, 0.3) is 0 Å². The Balaban J connectivity index is 1.83. The van der Waals surface area contributed by atoms with Gasteiger partial charge in [0.1, 0.15) is 0 Å². The third-order valence-electron chi connectivity index (χ3n) is 5.54. The third kappa shape index (κ3) is 2.06. The van der Waals surface area contributed by atoms with Gasteiger partial charge in [0.15, 0.2) is 0 Å². The van der Waals surface area contributed by atoms with E-state index in [-0.39, 0.29) is 0 Å². The Morgan fingerprint density at radius 2 is 1.62 bits per heavy atom. The third-order valence-corrected chi connectivity index (χ3v) is 5.54. The molecule has 3 aromatic carbocycles. The molecule has 0 saturated carbocycles. The van der Waals surface area contributed by atoms with Crippen LogP contribution >= 0.6 is 0 Å². The van der Waals surface area contributed by atoms with Crippen molar-refractivity contribution in [3.8, 4) is 0 Å². The molecule has 1 atom stereocenters. The van der Waals surface area contributed by atoms with E-state index < -0.39 is 0 Å². The Labute approximate surface area is 143 Å². The average molecular weight is 308 g/mol. The molecule has 0 radical (unpaired) electrons. The number of hydrogen-bond donors (Lipinski definition) is 0. The molecule has 2 aliphatic carbocycles. The largest absolute Gasteiger partial charge is 0.0836 e. The van der Waals surface area contributed by atoms with Crippen LogP contribution in [0.1, 0.15) is 41.9 Å². The zero-order valence-electron chi connectivity index (χ0n) is 13.7. The first-order valence-corrected chi connectivity index (χ1v) is 8.87. The van der Waals surface area contributed by atoms with Crippen molar-refractivity contribution in [2.45, 2.75) is 25.2 Å². The minimum Gasteiger partial charge on any atom is -0.0836 e. The summed E-state index contributed by atoms with van der Waals surface area (Å²) in [5.41, 5.74) is 7.52. The summed E-state index contributed by atoms with van der Waals surface area (Å²) in [6.07, 6.45) is 8.24. The van der Waals surface area contributed by atoms with E-state index >= 15 is 0 Å². The van der Waals surface area contributed by atoms with E-state index in [1.807, 2.05) is 0 Å². The maximum atomic E-state index is 2.35. The Bertz CT molecular complexity index is 973. The minimum atomic E-state index is 0.470. The van der Waals surface area contributed by atoms with Gasteiger partial charge < -0.3 is 0 Å². The lowest BCUT2D eigenvalue weighted by Gasteiger charge is -2.32. The van der Waals surface area contributed by atoms with Crippen molar-refractivity contribution in [3.63, 3.8) is 0 Å². The van der Waals surface area contributed by atoms with E-state index in [4.69, 9.17) is 0 Å². The summed E-state index contributed by atoms with van der Waals surface area (Å²) in [6, 6.07) is 24.5. The van der Waals surface area contributed by atoms with Crippen LogP contribution in [0.4, 0.5) is 0 Å². The van der Waals surface area contributed by atoms with Crippen molar-refractivity contribution >= 4 is 16.3 Å². The summed E-state index contributed by atoms with van der Waals surface area (Å²) in [4.78, 5) is 0. The molecule has 116 valence electrons. The standard InChI is InChI=1S/C24H20/c1-2-8-17(9-3-1)23-16-19-11-5-6-12-20(19)22-15-14-18-10-4-7-13-21(18)24(22)23/h1-4,6-10,12-15,23H,5,11,16H2.